The monoisotopic (exact) mass is 243 g/mol. The lowest BCUT2D eigenvalue weighted by Gasteiger charge is -2.13. The molecule has 2 N–H and O–H groups in total. The van der Waals surface area contributed by atoms with Crippen LogP contribution in [0, 0.1) is 0 Å². The number of hydrogen-bond donors (Lipinski definition) is 2. The van der Waals surface area contributed by atoms with Crippen molar-refractivity contribution >= 4 is 5.91 Å². The van der Waals surface area contributed by atoms with Gasteiger partial charge in [-0.05, 0) is 12.5 Å². The highest BCUT2D eigenvalue weighted by Crippen LogP contribution is 2.11. The molecule has 2 aromatic rings. The maximum Gasteiger partial charge on any atom is 0.271 e. The van der Waals surface area contributed by atoms with Crippen molar-refractivity contribution in [1.29, 1.82) is 0 Å². The number of carbonyl (C=O) groups excluding carboxylic acids is 1. The molecule has 18 heavy (non-hydrogen) atoms. The average Bonchev–Trinajstić information content (AvgIpc) is 2.40. The molecule has 2 rings (SSSR count). The van der Waals surface area contributed by atoms with Gasteiger partial charge in [-0.25, -0.2) is 4.98 Å². The van der Waals surface area contributed by atoms with Gasteiger partial charge in [0.1, 0.15) is 5.69 Å². The zero-order chi connectivity index (χ0) is 13.0. The number of nitrogens with one attached hydrogen (secondary N) is 2. The molecular formula is C13H13N3O2. The van der Waals surface area contributed by atoms with E-state index >= 15 is 0 Å². The van der Waals surface area contributed by atoms with Gasteiger partial charge in [-0.1, -0.05) is 30.3 Å². The topological polar surface area (TPSA) is 74.8 Å². The van der Waals surface area contributed by atoms with Crippen molar-refractivity contribution in [1.82, 2.24) is 15.3 Å². The number of amides is 1. The Morgan fingerprint density at radius 3 is 2.67 bits per heavy atom. The van der Waals surface area contributed by atoms with Crippen LogP contribution in [0.4, 0.5) is 0 Å². The number of carbonyl (C=O) groups is 1. The SMILES string of the molecule is CC(NC(=O)c1c[nH]c(=O)cn1)c1ccccc1. The molecule has 0 bridgehead atoms. The first-order valence-corrected chi connectivity index (χ1v) is 5.57. The molecule has 1 heterocycles. The summed E-state index contributed by atoms with van der Waals surface area (Å²) >= 11 is 0. The second-order valence-corrected chi connectivity index (χ2v) is 3.90. The van der Waals surface area contributed by atoms with E-state index < -0.39 is 0 Å². The Kier molecular flexibility index (Phi) is 3.52. The fourth-order valence-corrected chi connectivity index (χ4v) is 1.56. The first kappa shape index (κ1) is 12.0. The Hall–Kier alpha value is -2.43. The highest BCUT2D eigenvalue weighted by molar-refractivity contribution is 5.92. The predicted molar refractivity (Wildman–Crippen MR) is 67.2 cm³/mol. The lowest BCUT2D eigenvalue weighted by Crippen LogP contribution is -2.28. The second-order valence-electron chi connectivity index (χ2n) is 3.90. The molecule has 0 saturated carbocycles. The summed E-state index contributed by atoms with van der Waals surface area (Å²) < 4.78 is 0. The summed E-state index contributed by atoms with van der Waals surface area (Å²) in [6.07, 6.45) is 2.39. The van der Waals surface area contributed by atoms with Gasteiger partial charge in [-0.3, -0.25) is 9.59 Å². The largest absolute Gasteiger partial charge is 0.344 e. The molecule has 1 unspecified atom stereocenters. The number of H-pyrrole nitrogens is 1. The van der Waals surface area contributed by atoms with Crippen LogP contribution in [0.2, 0.25) is 0 Å². The van der Waals surface area contributed by atoms with Gasteiger partial charge < -0.3 is 10.3 Å². The maximum atomic E-state index is 11.8. The van der Waals surface area contributed by atoms with Crippen molar-refractivity contribution in [2.75, 3.05) is 0 Å². The van der Waals surface area contributed by atoms with E-state index in [1.807, 2.05) is 37.3 Å². The van der Waals surface area contributed by atoms with Gasteiger partial charge >= 0.3 is 0 Å². The number of aromatic amines is 1. The number of rotatable bonds is 3. The van der Waals surface area contributed by atoms with E-state index in [0.29, 0.717) is 0 Å². The minimum atomic E-state index is -0.331. The number of aromatic nitrogens is 2. The van der Waals surface area contributed by atoms with E-state index in [9.17, 15) is 9.59 Å². The minimum absolute atomic E-state index is 0.118. The molecule has 1 aromatic carbocycles. The van der Waals surface area contributed by atoms with Crippen LogP contribution >= 0.6 is 0 Å². The standard InChI is InChI=1S/C13H13N3O2/c1-9(10-5-3-2-4-6-10)16-13(18)11-7-15-12(17)8-14-11/h2-9H,1H3,(H,15,17)(H,16,18). The Balaban J connectivity index is 2.08. The smallest absolute Gasteiger partial charge is 0.271 e. The van der Waals surface area contributed by atoms with Crippen LogP contribution < -0.4 is 10.9 Å². The third-order valence-electron chi connectivity index (χ3n) is 2.55. The first-order valence-electron chi connectivity index (χ1n) is 5.57. The zero-order valence-corrected chi connectivity index (χ0v) is 9.88. The van der Waals surface area contributed by atoms with Gasteiger partial charge in [0.25, 0.3) is 11.5 Å². The fraction of sp³-hybridized carbons (Fsp3) is 0.154. The Bertz CT molecular complexity index is 572. The predicted octanol–water partition coefficient (Wildman–Crippen LogP) is 1.26. The lowest BCUT2D eigenvalue weighted by molar-refractivity contribution is 0.0934. The summed E-state index contributed by atoms with van der Waals surface area (Å²) in [7, 11) is 0. The molecule has 0 radical (unpaired) electrons. The molecular weight excluding hydrogens is 230 g/mol. The van der Waals surface area contributed by atoms with E-state index in [1.165, 1.54) is 6.20 Å². The zero-order valence-electron chi connectivity index (χ0n) is 9.88. The minimum Gasteiger partial charge on any atom is -0.344 e. The molecule has 1 amide bonds. The highest BCUT2D eigenvalue weighted by Gasteiger charge is 2.11. The summed E-state index contributed by atoms with van der Waals surface area (Å²) in [5, 5.41) is 2.81. The summed E-state index contributed by atoms with van der Waals surface area (Å²) in [5.41, 5.74) is 0.871. The van der Waals surface area contributed by atoms with Crippen molar-refractivity contribution in [3.8, 4) is 0 Å². The molecule has 0 saturated heterocycles. The Labute approximate surface area is 104 Å². The number of hydrogen-bond acceptors (Lipinski definition) is 3. The van der Waals surface area contributed by atoms with Crippen LogP contribution in [0.25, 0.3) is 0 Å². The van der Waals surface area contributed by atoms with E-state index in [2.05, 4.69) is 15.3 Å². The van der Waals surface area contributed by atoms with Crippen molar-refractivity contribution in [3.63, 3.8) is 0 Å². The molecule has 1 atom stereocenters. The summed E-state index contributed by atoms with van der Waals surface area (Å²) in [5.74, 6) is -0.317. The summed E-state index contributed by atoms with van der Waals surface area (Å²) in [4.78, 5) is 28.9. The van der Waals surface area contributed by atoms with Crippen LogP contribution in [0.3, 0.4) is 0 Å². The van der Waals surface area contributed by atoms with Crippen LogP contribution in [-0.2, 0) is 0 Å². The molecule has 1 aromatic heterocycles. The van der Waals surface area contributed by atoms with E-state index in [-0.39, 0.29) is 23.2 Å². The third kappa shape index (κ3) is 2.82. The maximum absolute atomic E-state index is 11.8. The third-order valence-corrected chi connectivity index (χ3v) is 2.55. The van der Waals surface area contributed by atoms with Crippen molar-refractivity contribution in [3.05, 3.63) is 64.3 Å². The van der Waals surface area contributed by atoms with Gasteiger partial charge in [-0.15, -0.1) is 0 Å². The van der Waals surface area contributed by atoms with Crippen molar-refractivity contribution < 1.29 is 4.79 Å². The van der Waals surface area contributed by atoms with Crippen LogP contribution in [0.15, 0.2) is 47.5 Å². The quantitative estimate of drug-likeness (QED) is 0.852. The second kappa shape index (κ2) is 5.27. The van der Waals surface area contributed by atoms with E-state index in [4.69, 9.17) is 0 Å². The fourth-order valence-electron chi connectivity index (χ4n) is 1.56. The summed E-state index contributed by atoms with van der Waals surface area (Å²) in [6, 6.07) is 9.50. The molecule has 0 aliphatic heterocycles. The molecule has 5 nitrogen and oxygen atoms in total. The number of benzene rings is 1. The van der Waals surface area contributed by atoms with Crippen LogP contribution in [0.5, 0.6) is 0 Å². The first-order chi connectivity index (χ1) is 8.66. The van der Waals surface area contributed by atoms with Gasteiger partial charge in [0.15, 0.2) is 0 Å². The normalized spacial score (nSPS) is 11.8. The molecule has 0 aliphatic rings. The molecule has 5 heteroatoms. The molecule has 0 aliphatic carbocycles. The Morgan fingerprint density at radius 1 is 1.33 bits per heavy atom. The molecule has 0 spiro atoms. The number of nitrogens with zero attached hydrogens (tertiary/aromatic N) is 1. The van der Waals surface area contributed by atoms with E-state index in [0.717, 1.165) is 11.8 Å². The highest BCUT2D eigenvalue weighted by atomic mass is 16.2. The van der Waals surface area contributed by atoms with Crippen molar-refractivity contribution in [2.24, 2.45) is 0 Å². The molecule has 0 fully saturated rings. The van der Waals surface area contributed by atoms with Gasteiger partial charge in [0, 0.05) is 6.20 Å². The van der Waals surface area contributed by atoms with Gasteiger partial charge in [-0.2, -0.15) is 0 Å². The van der Waals surface area contributed by atoms with Gasteiger partial charge in [0.2, 0.25) is 0 Å². The van der Waals surface area contributed by atoms with Gasteiger partial charge in [0.05, 0.1) is 12.2 Å². The van der Waals surface area contributed by atoms with Crippen molar-refractivity contribution in [2.45, 2.75) is 13.0 Å². The average molecular weight is 243 g/mol. The summed E-state index contributed by atoms with van der Waals surface area (Å²) in [6.45, 7) is 1.89. The lowest BCUT2D eigenvalue weighted by atomic mass is 10.1. The van der Waals surface area contributed by atoms with Crippen LogP contribution in [-0.4, -0.2) is 15.9 Å². The Morgan fingerprint density at radius 2 is 2.06 bits per heavy atom. The van der Waals surface area contributed by atoms with E-state index in [1.54, 1.807) is 0 Å². The van der Waals surface area contributed by atoms with Crippen LogP contribution in [0.1, 0.15) is 29.0 Å². The molecule has 92 valence electrons.